The highest BCUT2D eigenvalue weighted by atomic mass is 16.1. The van der Waals surface area contributed by atoms with Crippen LogP contribution in [0.3, 0.4) is 0 Å². The third kappa shape index (κ3) is 3.90. The van der Waals surface area contributed by atoms with Crippen LogP contribution in [0, 0.1) is 35.5 Å². The minimum Gasteiger partial charge on any atom is -0.294 e. The molecule has 0 spiro atoms. The van der Waals surface area contributed by atoms with Crippen molar-refractivity contribution in [3.8, 4) is 0 Å². The molecule has 2 fully saturated rings. The summed E-state index contributed by atoms with van der Waals surface area (Å²) in [6.07, 6.45) is 8.10. The van der Waals surface area contributed by atoms with Crippen molar-refractivity contribution in [2.75, 3.05) is 0 Å². The molecule has 0 saturated heterocycles. The average Bonchev–Trinajstić information content (AvgIpc) is 2.48. The fraction of sp³-hybridized carbons (Fsp3) is 0.727. The first-order chi connectivity index (χ1) is 11.2. The molecule has 0 aromatic rings. The zero-order valence-corrected chi connectivity index (χ0v) is 16.3. The van der Waals surface area contributed by atoms with Crippen LogP contribution in [0.2, 0.25) is 0 Å². The third-order valence-corrected chi connectivity index (χ3v) is 6.18. The lowest BCUT2D eigenvalue weighted by Gasteiger charge is -2.31. The zero-order chi connectivity index (χ0) is 18.0. The van der Waals surface area contributed by atoms with Gasteiger partial charge in [0.15, 0.2) is 11.6 Å². The normalized spacial score (nSPS) is 35.5. The minimum atomic E-state index is 0.147. The molecule has 0 unspecified atom stereocenters. The average molecular weight is 331 g/mol. The van der Waals surface area contributed by atoms with Gasteiger partial charge in [-0.25, -0.2) is 0 Å². The Morgan fingerprint density at radius 3 is 1.33 bits per heavy atom. The van der Waals surface area contributed by atoms with Gasteiger partial charge in [-0.2, -0.15) is 0 Å². The largest absolute Gasteiger partial charge is 0.294 e. The first-order valence-corrected chi connectivity index (χ1v) is 9.74. The molecule has 134 valence electrons. The van der Waals surface area contributed by atoms with Gasteiger partial charge in [0.05, 0.1) is 0 Å². The van der Waals surface area contributed by atoms with Gasteiger partial charge in [0.2, 0.25) is 0 Å². The number of rotatable bonds is 3. The number of Topliss-reactive ketones (excluding diaryl/α,β-unsaturated/α-hetero) is 2. The SMILES string of the molecule is CC(C)[C@@H]1CC[C@H](C)/C(=C\C=C2C(=O)[C@@H](C(C)C)CC[C@H]2C)C1=O. The zero-order valence-electron chi connectivity index (χ0n) is 16.3. The van der Waals surface area contributed by atoms with Crippen LogP contribution in [-0.2, 0) is 9.59 Å². The summed E-state index contributed by atoms with van der Waals surface area (Å²) >= 11 is 0. The van der Waals surface area contributed by atoms with Gasteiger partial charge < -0.3 is 0 Å². The molecule has 0 aromatic heterocycles. The van der Waals surface area contributed by atoms with E-state index in [4.69, 9.17) is 0 Å². The van der Waals surface area contributed by atoms with E-state index >= 15 is 0 Å². The van der Waals surface area contributed by atoms with Crippen molar-refractivity contribution in [1.29, 1.82) is 0 Å². The van der Waals surface area contributed by atoms with Crippen molar-refractivity contribution in [2.24, 2.45) is 35.5 Å². The molecule has 4 atom stereocenters. The predicted octanol–water partition coefficient (Wildman–Crippen LogP) is 5.38. The van der Waals surface area contributed by atoms with Crippen LogP contribution < -0.4 is 0 Å². The Morgan fingerprint density at radius 1 is 0.708 bits per heavy atom. The van der Waals surface area contributed by atoms with Crippen molar-refractivity contribution in [1.82, 2.24) is 0 Å². The van der Waals surface area contributed by atoms with Gasteiger partial charge >= 0.3 is 0 Å². The van der Waals surface area contributed by atoms with E-state index < -0.39 is 0 Å². The summed E-state index contributed by atoms with van der Waals surface area (Å²) in [5.41, 5.74) is 1.86. The van der Waals surface area contributed by atoms with Crippen LogP contribution >= 0.6 is 0 Å². The molecule has 2 nitrogen and oxygen atoms in total. The highest BCUT2D eigenvalue weighted by Crippen LogP contribution is 2.36. The molecule has 0 heterocycles. The van der Waals surface area contributed by atoms with Gasteiger partial charge in [-0.1, -0.05) is 53.7 Å². The number of hydrogen-bond acceptors (Lipinski definition) is 2. The maximum Gasteiger partial charge on any atom is 0.162 e. The Balaban J connectivity index is 2.29. The Bertz CT molecular complexity index is 500. The topological polar surface area (TPSA) is 34.1 Å². The monoisotopic (exact) mass is 330 g/mol. The lowest BCUT2D eigenvalue weighted by molar-refractivity contribution is -0.123. The summed E-state index contributed by atoms with van der Waals surface area (Å²) in [5.74, 6) is 2.29. The molecule has 2 aliphatic carbocycles. The van der Waals surface area contributed by atoms with Gasteiger partial charge in [-0.3, -0.25) is 9.59 Å². The van der Waals surface area contributed by atoms with Crippen molar-refractivity contribution >= 4 is 11.6 Å². The smallest absolute Gasteiger partial charge is 0.162 e. The summed E-state index contributed by atoms with van der Waals surface area (Å²) in [5, 5.41) is 0. The van der Waals surface area contributed by atoms with E-state index in [1.54, 1.807) is 0 Å². The second-order valence-electron chi connectivity index (χ2n) is 8.63. The molecule has 2 saturated carbocycles. The number of ketones is 2. The molecule has 2 aliphatic rings. The fourth-order valence-corrected chi connectivity index (χ4v) is 4.29. The Hall–Kier alpha value is -1.18. The van der Waals surface area contributed by atoms with E-state index in [0.717, 1.165) is 36.8 Å². The van der Waals surface area contributed by atoms with Crippen LogP contribution in [0.4, 0.5) is 0 Å². The number of hydrogen-bond donors (Lipinski definition) is 0. The van der Waals surface area contributed by atoms with Crippen molar-refractivity contribution < 1.29 is 9.59 Å². The molecule has 0 aliphatic heterocycles. The number of carbonyl (C=O) groups is 2. The summed E-state index contributed by atoms with van der Waals surface area (Å²) in [6.45, 7) is 12.8. The standard InChI is InChI=1S/C22H34O2/c1-13(2)17-9-7-15(5)19(21(17)23)11-12-20-16(6)8-10-18(14(3)4)22(20)24/h11-18H,7-10H2,1-6H3/b19-11+,20-12?/t15-,16+,17-,18+/m0/s1. The van der Waals surface area contributed by atoms with Crippen LogP contribution in [0.25, 0.3) is 0 Å². The van der Waals surface area contributed by atoms with Gasteiger partial charge in [0.25, 0.3) is 0 Å². The quantitative estimate of drug-likeness (QED) is 0.651. The summed E-state index contributed by atoms with van der Waals surface area (Å²) in [4.78, 5) is 25.6. The van der Waals surface area contributed by atoms with Gasteiger partial charge in [-0.15, -0.1) is 0 Å². The highest BCUT2D eigenvalue weighted by molar-refractivity contribution is 6.01. The molecular weight excluding hydrogens is 296 g/mol. The third-order valence-electron chi connectivity index (χ3n) is 6.18. The van der Waals surface area contributed by atoms with Crippen molar-refractivity contribution in [3.05, 3.63) is 23.3 Å². The molecule has 0 amide bonds. The second kappa shape index (κ2) is 7.80. The first kappa shape index (κ1) is 19.1. The molecule has 2 heteroatoms. The van der Waals surface area contributed by atoms with Gasteiger partial charge in [0, 0.05) is 11.8 Å². The lowest BCUT2D eigenvalue weighted by atomic mass is 9.72. The lowest BCUT2D eigenvalue weighted by Crippen LogP contribution is -2.31. The van der Waals surface area contributed by atoms with E-state index in [0.29, 0.717) is 35.2 Å². The number of allylic oxidation sites excluding steroid dienone is 4. The predicted molar refractivity (Wildman–Crippen MR) is 99.6 cm³/mol. The van der Waals surface area contributed by atoms with E-state index in [1.165, 1.54) is 0 Å². The van der Waals surface area contributed by atoms with Crippen molar-refractivity contribution in [2.45, 2.75) is 67.2 Å². The fourth-order valence-electron chi connectivity index (χ4n) is 4.29. The van der Waals surface area contributed by atoms with Gasteiger partial charge in [0.1, 0.15) is 0 Å². The first-order valence-electron chi connectivity index (χ1n) is 9.74. The summed E-state index contributed by atoms with van der Waals surface area (Å²) in [7, 11) is 0. The molecule has 24 heavy (non-hydrogen) atoms. The molecule has 0 aromatic carbocycles. The highest BCUT2D eigenvalue weighted by Gasteiger charge is 2.34. The van der Waals surface area contributed by atoms with Crippen LogP contribution in [0.15, 0.2) is 23.3 Å². The maximum atomic E-state index is 12.8. The second-order valence-corrected chi connectivity index (χ2v) is 8.63. The Morgan fingerprint density at radius 2 is 1.04 bits per heavy atom. The molecule has 0 bridgehead atoms. The Kier molecular flexibility index (Phi) is 6.22. The number of carbonyl (C=O) groups excluding carboxylic acids is 2. The summed E-state index contributed by atoms with van der Waals surface area (Å²) < 4.78 is 0. The minimum absolute atomic E-state index is 0.147. The van der Waals surface area contributed by atoms with Gasteiger partial charge in [-0.05, 0) is 60.5 Å². The van der Waals surface area contributed by atoms with E-state index in [-0.39, 0.29) is 11.8 Å². The molecule has 2 rings (SSSR count). The van der Waals surface area contributed by atoms with Crippen LogP contribution in [-0.4, -0.2) is 11.6 Å². The van der Waals surface area contributed by atoms with Crippen molar-refractivity contribution in [3.63, 3.8) is 0 Å². The summed E-state index contributed by atoms with van der Waals surface area (Å²) in [6, 6.07) is 0. The van der Waals surface area contributed by atoms with Crippen LogP contribution in [0.1, 0.15) is 67.2 Å². The Labute approximate surface area is 147 Å². The van der Waals surface area contributed by atoms with Crippen LogP contribution in [0.5, 0.6) is 0 Å². The molecular formula is C22H34O2. The molecule has 0 N–H and O–H groups in total. The maximum absolute atomic E-state index is 12.8. The van der Waals surface area contributed by atoms with E-state index in [1.807, 2.05) is 12.2 Å². The van der Waals surface area contributed by atoms with E-state index in [2.05, 4.69) is 41.5 Å². The van der Waals surface area contributed by atoms with E-state index in [9.17, 15) is 9.59 Å². The molecule has 0 radical (unpaired) electrons.